The van der Waals surface area contributed by atoms with E-state index in [0.717, 1.165) is 0 Å². The van der Waals surface area contributed by atoms with Crippen LogP contribution in [-0.2, 0) is 4.79 Å². The maximum absolute atomic E-state index is 11.1. The van der Waals surface area contributed by atoms with Gasteiger partial charge in [0.05, 0.1) is 0 Å². The third kappa shape index (κ3) is 6.06. The second kappa shape index (κ2) is 10.6. The van der Waals surface area contributed by atoms with Crippen LogP contribution >= 0.6 is 0 Å². The number of hydrogen-bond donors (Lipinski definition) is 3. The summed E-state index contributed by atoms with van der Waals surface area (Å²) < 4.78 is 11.0. The summed E-state index contributed by atoms with van der Waals surface area (Å²) >= 11 is 0. The first-order chi connectivity index (χ1) is 17.7. The van der Waals surface area contributed by atoms with Gasteiger partial charge in [0.25, 0.3) is 0 Å². The predicted octanol–water partition coefficient (Wildman–Crippen LogP) is 4.48. The number of rotatable bonds is 1. The maximum atomic E-state index is 11.1. The Balaban J connectivity index is 0.000000147. The van der Waals surface area contributed by atoms with Crippen LogP contribution in [0, 0.1) is 0 Å². The Bertz CT molecular complexity index is 1650. The fourth-order valence-electron chi connectivity index (χ4n) is 3.19. The van der Waals surface area contributed by atoms with Crippen LogP contribution in [0.15, 0.2) is 91.2 Å². The number of aromatic hydroxyl groups is 2. The van der Waals surface area contributed by atoms with Crippen molar-refractivity contribution in [2.45, 2.75) is 13.3 Å². The molecule has 0 amide bonds. The van der Waals surface area contributed by atoms with E-state index < -0.39 is 5.97 Å². The van der Waals surface area contributed by atoms with Crippen LogP contribution in [0.3, 0.4) is 0 Å². The van der Waals surface area contributed by atoms with E-state index in [-0.39, 0.29) is 28.8 Å². The first-order valence-electron chi connectivity index (χ1n) is 11.0. The average molecular weight is 500 g/mol. The van der Waals surface area contributed by atoms with Gasteiger partial charge in [0.15, 0.2) is 33.5 Å². The molecule has 37 heavy (non-hydrogen) atoms. The fourth-order valence-corrected chi connectivity index (χ4v) is 3.19. The van der Waals surface area contributed by atoms with Crippen molar-refractivity contribution in [3.63, 3.8) is 0 Å². The molecule has 2 aromatic carbocycles. The third-order valence-electron chi connectivity index (χ3n) is 4.97. The monoisotopic (exact) mass is 500 g/mol. The molecule has 6 rings (SSSR count). The Morgan fingerprint density at radius 3 is 1.49 bits per heavy atom. The van der Waals surface area contributed by atoms with Gasteiger partial charge in [-0.25, -0.2) is 9.97 Å². The average Bonchev–Trinajstić information content (AvgIpc) is 2.87. The van der Waals surface area contributed by atoms with Crippen LogP contribution in [0.1, 0.15) is 13.3 Å². The van der Waals surface area contributed by atoms with E-state index in [1.807, 2.05) is 0 Å². The van der Waals surface area contributed by atoms with Crippen LogP contribution in [0.4, 0.5) is 0 Å². The molecule has 10 nitrogen and oxygen atoms in total. The Morgan fingerprint density at radius 1 is 0.703 bits per heavy atom. The topological polar surface area (TPSA) is 164 Å². The second-order valence-corrected chi connectivity index (χ2v) is 7.74. The van der Waals surface area contributed by atoms with Gasteiger partial charge < -0.3 is 24.2 Å². The Kier molecular flexibility index (Phi) is 7.10. The summed E-state index contributed by atoms with van der Waals surface area (Å²) in [6.07, 6.45) is 0.222. The molecule has 10 heteroatoms. The summed E-state index contributed by atoms with van der Waals surface area (Å²) in [7, 11) is 0. The molecule has 0 fully saturated rings. The number of fused-ring (bicyclic) bond motifs is 4. The van der Waals surface area contributed by atoms with E-state index in [2.05, 4.69) is 9.97 Å². The first kappa shape index (κ1) is 24.9. The number of hydrogen-bond acceptors (Lipinski definition) is 9. The molecule has 2 aliphatic heterocycles. The molecular formula is C27H20N2O8. The lowest BCUT2D eigenvalue weighted by atomic mass is 10.2. The van der Waals surface area contributed by atoms with Gasteiger partial charge in [-0.1, -0.05) is 6.92 Å². The fraction of sp³-hybridized carbons (Fsp3) is 0.0741. The lowest BCUT2D eigenvalue weighted by Gasteiger charge is -2.05. The van der Waals surface area contributed by atoms with Crippen molar-refractivity contribution in [3.05, 3.63) is 93.2 Å². The highest BCUT2D eigenvalue weighted by Crippen LogP contribution is 2.26. The van der Waals surface area contributed by atoms with Gasteiger partial charge in [0.1, 0.15) is 33.9 Å². The van der Waals surface area contributed by atoms with Crippen LogP contribution in [0.2, 0.25) is 0 Å². The highest BCUT2D eigenvalue weighted by atomic mass is 16.4. The number of benzene rings is 4. The van der Waals surface area contributed by atoms with Crippen molar-refractivity contribution >= 4 is 28.2 Å². The van der Waals surface area contributed by atoms with Crippen molar-refractivity contribution in [2.75, 3.05) is 0 Å². The molecule has 2 aromatic rings. The zero-order valence-electron chi connectivity index (χ0n) is 19.4. The molecule has 2 aliphatic carbocycles. The molecule has 0 bridgehead atoms. The maximum Gasteiger partial charge on any atom is 0.303 e. The molecule has 0 aromatic heterocycles. The zero-order chi connectivity index (χ0) is 26.5. The lowest BCUT2D eigenvalue weighted by molar-refractivity contribution is -0.136. The van der Waals surface area contributed by atoms with Crippen molar-refractivity contribution in [3.8, 4) is 34.4 Å². The molecule has 0 unspecified atom stereocenters. The van der Waals surface area contributed by atoms with E-state index in [1.54, 1.807) is 43.3 Å². The number of carboxylic acids is 1. The van der Waals surface area contributed by atoms with Gasteiger partial charge in [-0.2, -0.15) is 0 Å². The smallest absolute Gasteiger partial charge is 0.303 e. The number of phenolic OH excluding ortho intramolecular Hbond substituents is 2. The van der Waals surface area contributed by atoms with Crippen LogP contribution < -0.4 is 10.9 Å². The first-order valence-corrected chi connectivity index (χ1v) is 11.0. The molecule has 2 heterocycles. The summed E-state index contributed by atoms with van der Waals surface area (Å²) in [4.78, 5) is 40.3. The Morgan fingerprint density at radius 2 is 1.11 bits per heavy atom. The number of carbonyl (C=O) groups is 1. The van der Waals surface area contributed by atoms with E-state index in [4.69, 9.17) is 13.9 Å². The minimum Gasteiger partial charge on any atom is -0.508 e. The third-order valence-corrected chi connectivity index (χ3v) is 4.97. The number of carboxylic acid groups (broad SMARTS) is 1. The summed E-state index contributed by atoms with van der Waals surface area (Å²) in [5.74, 6) is 0.313. The molecule has 0 saturated heterocycles. The summed E-state index contributed by atoms with van der Waals surface area (Å²) in [5.41, 5.74) is 3.19. The van der Waals surface area contributed by atoms with Crippen molar-refractivity contribution in [2.24, 2.45) is 0 Å². The second-order valence-electron chi connectivity index (χ2n) is 7.74. The molecular weight excluding hydrogens is 480 g/mol. The lowest BCUT2D eigenvalue weighted by Crippen LogP contribution is -1.99. The van der Waals surface area contributed by atoms with Crippen LogP contribution in [-0.4, -0.2) is 31.3 Å². The molecule has 3 N–H and O–H groups in total. The standard InChI is InChI=1S/2C12H7NO3.C3H6O2/c2*14-7-1-3-9-11(5-7)16-12-6-8(15)2-4-10(12)13-9;1-2-3(4)5/h2*1-6,14H;2H2,1H3,(H,4,5). The molecule has 0 atom stereocenters. The molecule has 0 spiro atoms. The van der Waals surface area contributed by atoms with Crippen molar-refractivity contribution in [1.29, 1.82) is 0 Å². The van der Waals surface area contributed by atoms with E-state index >= 15 is 0 Å². The Hall–Kier alpha value is -5.25. The molecule has 0 radical (unpaired) electrons. The predicted molar refractivity (Wildman–Crippen MR) is 135 cm³/mol. The van der Waals surface area contributed by atoms with Gasteiger partial charge in [-0.05, 0) is 48.5 Å². The zero-order valence-corrected chi connectivity index (χ0v) is 19.4. The molecule has 0 saturated carbocycles. The summed E-state index contributed by atoms with van der Waals surface area (Å²) in [5, 5.41) is 26.3. The summed E-state index contributed by atoms with van der Waals surface area (Å²) in [6.45, 7) is 1.60. The highest BCUT2D eigenvalue weighted by Gasteiger charge is 2.10. The van der Waals surface area contributed by atoms with E-state index in [9.17, 15) is 24.6 Å². The number of nitrogens with zero attached hydrogens (tertiary/aromatic N) is 2. The molecule has 4 aliphatic rings. The van der Waals surface area contributed by atoms with Crippen molar-refractivity contribution < 1.29 is 28.9 Å². The Labute approximate surface area is 208 Å². The highest BCUT2D eigenvalue weighted by molar-refractivity contribution is 5.78. The largest absolute Gasteiger partial charge is 0.508 e. The normalized spacial score (nSPS) is 10.5. The quantitative estimate of drug-likeness (QED) is 0.274. The minimum absolute atomic E-state index is 0.107. The van der Waals surface area contributed by atoms with Gasteiger partial charge in [-0.15, -0.1) is 0 Å². The van der Waals surface area contributed by atoms with Crippen LogP contribution in [0.5, 0.6) is 11.5 Å². The van der Waals surface area contributed by atoms with Crippen LogP contribution in [0.25, 0.3) is 45.1 Å². The van der Waals surface area contributed by atoms with E-state index in [1.165, 1.54) is 36.4 Å². The van der Waals surface area contributed by atoms with E-state index in [0.29, 0.717) is 45.1 Å². The van der Waals surface area contributed by atoms with Gasteiger partial charge in [-0.3, -0.25) is 14.4 Å². The number of phenols is 2. The van der Waals surface area contributed by atoms with Gasteiger partial charge >= 0.3 is 5.97 Å². The van der Waals surface area contributed by atoms with Gasteiger partial charge in [0.2, 0.25) is 0 Å². The SMILES string of the molecule is CCC(=O)O.O=c1ccc2nc3ccc(O)cc3oc-2c1.O=c1ccc2nc3ccc(O)cc3oc-2c1. The number of aromatic nitrogens is 2. The summed E-state index contributed by atoms with van der Waals surface area (Å²) in [6, 6.07) is 18.2. The molecule has 186 valence electrons. The van der Waals surface area contributed by atoms with Crippen molar-refractivity contribution in [1.82, 2.24) is 9.97 Å². The van der Waals surface area contributed by atoms with Gasteiger partial charge in [0, 0.05) is 30.7 Å². The number of aliphatic carboxylic acids is 1. The minimum atomic E-state index is -0.745.